The van der Waals surface area contributed by atoms with Gasteiger partial charge in [0, 0.05) is 6.07 Å². The highest BCUT2D eigenvalue weighted by molar-refractivity contribution is 8.15. The minimum Gasteiger partial charge on any atom is -0.497 e. The van der Waals surface area contributed by atoms with Gasteiger partial charge in [0.1, 0.15) is 5.75 Å². The smallest absolute Gasteiger partial charge is 0.236 e. The molecule has 0 unspecified atom stereocenters. The number of nitrogens with zero attached hydrogens (tertiary/aromatic N) is 1. The predicted octanol–water partition coefficient (Wildman–Crippen LogP) is 1.55. The quantitative estimate of drug-likeness (QED) is 0.825. The lowest BCUT2D eigenvalue weighted by molar-refractivity contribution is -0.116. The third-order valence-corrected chi connectivity index (χ3v) is 2.74. The summed E-state index contributed by atoms with van der Waals surface area (Å²) < 4.78 is 5.08. The molecule has 1 fully saturated rings. The summed E-state index contributed by atoms with van der Waals surface area (Å²) in [7, 11) is 1.61. The first-order valence-corrected chi connectivity index (χ1v) is 5.42. The van der Waals surface area contributed by atoms with Crippen molar-refractivity contribution >= 4 is 28.5 Å². The zero-order valence-corrected chi connectivity index (χ0v) is 9.00. The van der Waals surface area contributed by atoms with Crippen LogP contribution in [0.4, 0.5) is 5.69 Å². The van der Waals surface area contributed by atoms with Crippen molar-refractivity contribution in [2.45, 2.75) is 0 Å². The molecule has 1 aromatic rings. The van der Waals surface area contributed by atoms with Gasteiger partial charge in [0.05, 0.1) is 18.6 Å². The Balaban J connectivity index is 2.19. The molecule has 1 aromatic carbocycles. The van der Waals surface area contributed by atoms with Gasteiger partial charge in [-0.3, -0.25) is 4.79 Å². The van der Waals surface area contributed by atoms with Crippen molar-refractivity contribution in [3.05, 3.63) is 24.3 Å². The van der Waals surface area contributed by atoms with Crippen molar-refractivity contribution in [2.75, 3.05) is 12.9 Å². The lowest BCUT2D eigenvalue weighted by Gasteiger charge is -2.00. The van der Waals surface area contributed by atoms with Crippen LogP contribution in [0.15, 0.2) is 29.3 Å². The molecule has 0 spiro atoms. The first kappa shape index (κ1) is 10.0. The zero-order chi connectivity index (χ0) is 10.7. The minimum absolute atomic E-state index is 0.00152. The maximum absolute atomic E-state index is 10.9. The second kappa shape index (κ2) is 4.35. The van der Waals surface area contributed by atoms with E-state index in [0.717, 1.165) is 11.4 Å². The highest BCUT2D eigenvalue weighted by atomic mass is 32.2. The van der Waals surface area contributed by atoms with Gasteiger partial charge in [-0.25, -0.2) is 4.99 Å². The average Bonchev–Trinajstić information content (AvgIpc) is 2.64. The zero-order valence-electron chi connectivity index (χ0n) is 8.19. The summed E-state index contributed by atoms with van der Waals surface area (Å²) in [6.45, 7) is 0. The van der Waals surface area contributed by atoms with Crippen LogP contribution in [0.1, 0.15) is 0 Å². The van der Waals surface area contributed by atoms with E-state index >= 15 is 0 Å². The van der Waals surface area contributed by atoms with Crippen molar-refractivity contribution in [3.63, 3.8) is 0 Å². The monoisotopic (exact) mass is 222 g/mol. The highest BCUT2D eigenvalue weighted by Crippen LogP contribution is 2.21. The molecule has 1 amide bonds. The summed E-state index contributed by atoms with van der Waals surface area (Å²) in [4.78, 5) is 15.2. The van der Waals surface area contributed by atoms with E-state index in [-0.39, 0.29) is 5.91 Å². The number of hydrogen-bond donors (Lipinski definition) is 1. The summed E-state index contributed by atoms with van der Waals surface area (Å²) in [6, 6.07) is 7.39. The number of nitrogens with one attached hydrogen (secondary N) is 1. The normalized spacial score (nSPS) is 17.9. The van der Waals surface area contributed by atoms with Crippen molar-refractivity contribution in [1.82, 2.24) is 5.32 Å². The van der Waals surface area contributed by atoms with Crippen LogP contribution in [0.2, 0.25) is 0 Å². The number of ether oxygens (including phenoxy) is 1. The highest BCUT2D eigenvalue weighted by Gasteiger charge is 2.16. The molecule has 1 aliphatic rings. The number of benzene rings is 1. The average molecular weight is 222 g/mol. The summed E-state index contributed by atoms with van der Waals surface area (Å²) in [5.41, 5.74) is 0.777. The molecule has 0 aliphatic carbocycles. The Morgan fingerprint density at radius 2 is 2.40 bits per heavy atom. The van der Waals surface area contributed by atoms with Gasteiger partial charge in [-0.1, -0.05) is 17.8 Å². The molecule has 0 atom stereocenters. The first-order chi connectivity index (χ1) is 7.28. The Bertz CT molecular complexity index is 418. The second-order valence-corrected chi connectivity index (χ2v) is 3.92. The largest absolute Gasteiger partial charge is 0.497 e. The van der Waals surface area contributed by atoms with Crippen molar-refractivity contribution in [1.29, 1.82) is 0 Å². The van der Waals surface area contributed by atoms with E-state index in [1.165, 1.54) is 11.8 Å². The van der Waals surface area contributed by atoms with E-state index in [4.69, 9.17) is 4.74 Å². The van der Waals surface area contributed by atoms with E-state index in [9.17, 15) is 4.79 Å². The number of rotatable bonds is 2. The fourth-order valence-electron chi connectivity index (χ4n) is 1.18. The maximum atomic E-state index is 10.9. The van der Waals surface area contributed by atoms with Crippen molar-refractivity contribution in [2.24, 2.45) is 4.99 Å². The van der Waals surface area contributed by atoms with Crippen LogP contribution in [0.25, 0.3) is 0 Å². The molecule has 0 saturated carbocycles. The van der Waals surface area contributed by atoms with Crippen LogP contribution in [-0.4, -0.2) is 23.9 Å². The molecule has 78 valence electrons. The minimum atomic E-state index is 0.00152. The van der Waals surface area contributed by atoms with E-state index in [2.05, 4.69) is 10.3 Å². The molecule has 4 nitrogen and oxygen atoms in total. The Morgan fingerprint density at radius 1 is 1.53 bits per heavy atom. The number of methoxy groups -OCH3 is 1. The van der Waals surface area contributed by atoms with Gasteiger partial charge in [0.2, 0.25) is 5.91 Å². The van der Waals surface area contributed by atoms with Crippen molar-refractivity contribution in [3.8, 4) is 5.75 Å². The molecular weight excluding hydrogens is 212 g/mol. The van der Waals surface area contributed by atoms with Gasteiger partial charge >= 0.3 is 0 Å². The summed E-state index contributed by atoms with van der Waals surface area (Å²) >= 11 is 1.41. The fourth-order valence-corrected chi connectivity index (χ4v) is 1.88. The Hall–Kier alpha value is -1.49. The van der Waals surface area contributed by atoms with Gasteiger partial charge in [-0.15, -0.1) is 0 Å². The van der Waals surface area contributed by atoms with Gasteiger partial charge in [0.25, 0.3) is 0 Å². The first-order valence-electron chi connectivity index (χ1n) is 4.43. The van der Waals surface area contributed by atoms with Gasteiger partial charge in [0.15, 0.2) is 5.17 Å². The Labute approximate surface area is 91.7 Å². The predicted molar refractivity (Wildman–Crippen MR) is 60.7 cm³/mol. The van der Waals surface area contributed by atoms with E-state index in [1.54, 1.807) is 7.11 Å². The molecule has 0 aromatic heterocycles. The van der Waals surface area contributed by atoms with Crippen LogP contribution in [0.5, 0.6) is 5.75 Å². The molecule has 1 aliphatic heterocycles. The molecule has 1 heterocycles. The molecule has 0 radical (unpaired) electrons. The summed E-state index contributed by atoms with van der Waals surface area (Å²) in [5, 5.41) is 3.32. The summed E-state index contributed by atoms with van der Waals surface area (Å²) in [6.07, 6.45) is 0. The Kier molecular flexibility index (Phi) is 2.91. The lowest BCUT2D eigenvalue weighted by atomic mass is 10.3. The number of aliphatic imine (C=N–C) groups is 1. The molecule has 2 rings (SSSR count). The third-order valence-electron chi connectivity index (χ3n) is 1.87. The molecular formula is C10H10N2O2S. The maximum Gasteiger partial charge on any atom is 0.236 e. The van der Waals surface area contributed by atoms with Gasteiger partial charge in [-0.2, -0.15) is 0 Å². The number of thioether (sulfide) groups is 1. The molecule has 1 N–H and O–H groups in total. The molecule has 15 heavy (non-hydrogen) atoms. The van der Waals surface area contributed by atoms with Crippen molar-refractivity contribution < 1.29 is 9.53 Å². The Morgan fingerprint density at radius 3 is 3.07 bits per heavy atom. The third kappa shape index (κ3) is 2.50. The van der Waals surface area contributed by atoms with Gasteiger partial charge < -0.3 is 10.1 Å². The molecule has 0 bridgehead atoms. The standard InChI is InChI=1S/C10H10N2O2S/c1-14-8-4-2-3-7(5-8)11-10-12-9(13)6-15-10/h2-5H,6H2,1H3,(H,11,12,13). The topological polar surface area (TPSA) is 50.7 Å². The summed E-state index contributed by atoms with van der Waals surface area (Å²) in [5.74, 6) is 1.20. The van der Waals surface area contributed by atoms with Crippen LogP contribution < -0.4 is 10.1 Å². The van der Waals surface area contributed by atoms with Gasteiger partial charge in [-0.05, 0) is 12.1 Å². The molecule has 1 saturated heterocycles. The number of amides is 1. The number of hydrogen-bond acceptors (Lipinski definition) is 4. The number of carbonyl (C=O) groups is 1. The van der Waals surface area contributed by atoms with Crippen LogP contribution in [-0.2, 0) is 4.79 Å². The second-order valence-electron chi connectivity index (χ2n) is 2.96. The number of carbonyl (C=O) groups excluding carboxylic acids is 1. The van der Waals surface area contributed by atoms with E-state index < -0.39 is 0 Å². The SMILES string of the molecule is COc1cccc(N=C2NC(=O)CS2)c1. The van der Waals surface area contributed by atoms with Crippen LogP contribution >= 0.6 is 11.8 Å². The van der Waals surface area contributed by atoms with E-state index in [1.807, 2.05) is 24.3 Å². The van der Waals surface area contributed by atoms with Crippen LogP contribution in [0, 0.1) is 0 Å². The van der Waals surface area contributed by atoms with Crippen LogP contribution in [0.3, 0.4) is 0 Å². The number of amidine groups is 1. The fraction of sp³-hybridized carbons (Fsp3) is 0.200. The van der Waals surface area contributed by atoms with E-state index in [0.29, 0.717) is 10.9 Å². The lowest BCUT2D eigenvalue weighted by Crippen LogP contribution is -2.19. The molecule has 5 heteroatoms.